The molecule has 0 heterocycles. The number of thioether (sulfide) groups is 1. The van der Waals surface area contributed by atoms with Crippen molar-refractivity contribution in [1.82, 2.24) is 5.32 Å². The Morgan fingerprint density at radius 1 is 1.12 bits per heavy atom. The summed E-state index contributed by atoms with van der Waals surface area (Å²) >= 11 is 1.33. The fourth-order valence-corrected chi connectivity index (χ4v) is 3.42. The summed E-state index contributed by atoms with van der Waals surface area (Å²) < 4.78 is 5.48. The summed E-state index contributed by atoms with van der Waals surface area (Å²) in [7, 11) is 0. The molecule has 1 saturated carbocycles. The third kappa shape index (κ3) is 6.43. The van der Waals surface area contributed by atoms with E-state index in [1.165, 1.54) is 31.0 Å². The first kappa shape index (κ1) is 18.6. The number of hydrogen-bond donors (Lipinski definition) is 2. The van der Waals surface area contributed by atoms with E-state index < -0.39 is 0 Å². The minimum absolute atomic E-state index is 0.0226. The molecule has 2 N–H and O–H groups in total. The van der Waals surface area contributed by atoms with Gasteiger partial charge in [0.25, 0.3) is 0 Å². The second-order valence-corrected chi connectivity index (χ2v) is 6.86. The number of amides is 2. The molecule has 0 spiro atoms. The fraction of sp³-hybridized carbons (Fsp3) is 0.556. The SMILES string of the molecule is CCOc1ccccc1NC(=O)CSCC(=O)NC1CCCCC1. The summed E-state index contributed by atoms with van der Waals surface area (Å²) in [5.74, 6) is 1.12. The van der Waals surface area contributed by atoms with Gasteiger partial charge in [-0.2, -0.15) is 0 Å². The zero-order valence-electron chi connectivity index (χ0n) is 14.2. The second kappa shape index (κ2) is 10.2. The number of ether oxygens (including phenoxy) is 1. The van der Waals surface area contributed by atoms with E-state index in [1.807, 2.05) is 31.2 Å². The largest absolute Gasteiger partial charge is 0.492 e. The summed E-state index contributed by atoms with van der Waals surface area (Å²) in [5, 5.41) is 5.89. The molecule has 24 heavy (non-hydrogen) atoms. The van der Waals surface area contributed by atoms with Crippen molar-refractivity contribution in [3.05, 3.63) is 24.3 Å². The number of benzene rings is 1. The predicted octanol–water partition coefficient (Wildman–Crippen LogP) is 3.21. The first-order valence-corrected chi connectivity index (χ1v) is 9.73. The molecule has 2 amide bonds. The van der Waals surface area contributed by atoms with Gasteiger partial charge in [0.05, 0.1) is 23.8 Å². The number of rotatable bonds is 8. The highest BCUT2D eigenvalue weighted by Gasteiger charge is 2.16. The molecule has 0 bridgehead atoms. The van der Waals surface area contributed by atoms with E-state index in [0.29, 0.717) is 29.8 Å². The molecule has 0 atom stereocenters. The van der Waals surface area contributed by atoms with Crippen molar-refractivity contribution in [1.29, 1.82) is 0 Å². The van der Waals surface area contributed by atoms with Crippen LogP contribution in [0.1, 0.15) is 39.0 Å². The zero-order valence-corrected chi connectivity index (χ0v) is 15.0. The maximum absolute atomic E-state index is 12.0. The van der Waals surface area contributed by atoms with Gasteiger partial charge in [0.1, 0.15) is 5.75 Å². The van der Waals surface area contributed by atoms with E-state index in [9.17, 15) is 9.59 Å². The molecule has 1 fully saturated rings. The third-order valence-electron chi connectivity index (χ3n) is 3.90. The Morgan fingerprint density at radius 3 is 2.58 bits per heavy atom. The van der Waals surface area contributed by atoms with Crippen molar-refractivity contribution in [3.8, 4) is 5.75 Å². The molecule has 0 saturated heterocycles. The molecule has 1 aliphatic rings. The topological polar surface area (TPSA) is 67.4 Å². The van der Waals surface area contributed by atoms with Crippen LogP contribution in [0.3, 0.4) is 0 Å². The lowest BCUT2D eigenvalue weighted by atomic mass is 9.95. The molecule has 0 aliphatic heterocycles. The van der Waals surface area contributed by atoms with Gasteiger partial charge in [0.2, 0.25) is 11.8 Å². The molecule has 132 valence electrons. The van der Waals surface area contributed by atoms with Crippen molar-refractivity contribution in [2.24, 2.45) is 0 Å². The van der Waals surface area contributed by atoms with Crippen LogP contribution >= 0.6 is 11.8 Å². The van der Waals surface area contributed by atoms with E-state index >= 15 is 0 Å². The van der Waals surface area contributed by atoms with Crippen molar-refractivity contribution in [2.45, 2.75) is 45.1 Å². The van der Waals surface area contributed by atoms with E-state index in [0.717, 1.165) is 12.8 Å². The molecule has 2 rings (SSSR count). The highest BCUT2D eigenvalue weighted by molar-refractivity contribution is 8.00. The molecule has 1 aromatic rings. The average molecular weight is 350 g/mol. The molecule has 1 aliphatic carbocycles. The lowest BCUT2D eigenvalue weighted by Gasteiger charge is -2.22. The molecular formula is C18H26N2O3S. The fourth-order valence-electron chi connectivity index (χ4n) is 2.79. The van der Waals surface area contributed by atoms with Crippen molar-refractivity contribution in [2.75, 3.05) is 23.4 Å². The van der Waals surface area contributed by atoms with E-state index in [4.69, 9.17) is 4.74 Å². The van der Waals surface area contributed by atoms with Crippen LogP contribution in [0, 0.1) is 0 Å². The Kier molecular flexibility index (Phi) is 7.95. The first-order valence-electron chi connectivity index (χ1n) is 8.58. The maximum atomic E-state index is 12.0. The molecule has 0 aromatic heterocycles. The molecule has 1 aromatic carbocycles. The van der Waals surface area contributed by atoms with E-state index in [1.54, 1.807) is 0 Å². The number of hydrogen-bond acceptors (Lipinski definition) is 4. The number of para-hydroxylation sites is 2. The van der Waals surface area contributed by atoms with Gasteiger partial charge in [0, 0.05) is 6.04 Å². The van der Waals surface area contributed by atoms with E-state index in [2.05, 4.69) is 10.6 Å². The quantitative estimate of drug-likeness (QED) is 0.755. The Balaban J connectivity index is 1.68. The van der Waals surface area contributed by atoms with Gasteiger partial charge in [-0.05, 0) is 31.9 Å². The molecule has 0 radical (unpaired) electrons. The number of nitrogens with one attached hydrogen (secondary N) is 2. The van der Waals surface area contributed by atoms with Gasteiger partial charge in [-0.25, -0.2) is 0 Å². The van der Waals surface area contributed by atoms with Crippen LogP contribution in [0.2, 0.25) is 0 Å². The Bertz CT molecular complexity index is 545. The lowest BCUT2D eigenvalue weighted by Crippen LogP contribution is -2.37. The van der Waals surface area contributed by atoms with Crippen LogP contribution in [-0.2, 0) is 9.59 Å². The lowest BCUT2D eigenvalue weighted by molar-refractivity contribution is -0.119. The average Bonchev–Trinajstić information content (AvgIpc) is 2.58. The second-order valence-electron chi connectivity index (χ2n) is 5.87. The normalized spacial score (nSPS) is 14.9. The van der Waals surface area contributed by atoms with E-state index in [-0.39, 0.29) is 17.6 Å². The van der Waals surface area contributed by atoms with Crippen LogP contribution in [-0.4, -0.2) is 36.0 Å². The smallest absolute Gasteiger partial charge is 0.234 e. The van der Waals surface area contributed by atoms with Gasteiger partial charge in [-0.3, -0.25) is 9.59 Å². The van der Waals surface area contributed by atoms with Gasteiger partial charge in [-0.1, -0.05) is 31.4 Å². The summed E-state index contributed by atoms with van der Waals surface area (Å²) in [6.45, 7) is 2.45. The maximum Gasteiger partial charge on any atom is 0.234 e. The number of anilines is 1. The number of carbonyl (C=O) groups excluding carboxylic acids is 2. The molecule has 5 nitrogen and oxygen atoms in total. The van der Waals surface area contributed by atoms with Crippen LogP contribution in [0.25, 0.3) is 0 Å². The monoisotopic (exact) mass is 350 g/mol. The van der Waals surface area contributed by atoms with Crippen molar-refractivity contribution >= 4 is 29.3 Å². The van der Waals surface area contributed by atoms with Gasteiger partial charge < -0.3 is 15.4 Å². The molecule has 6 heteroatoms. The van der Waals surface area contributed by atoms with Gasteiger partial charge >= 0.3 is 0 Å². The highest BCUT2D eigenvalue weighted by atomic mass is 32.2. The van der Waals surface area contributed by atoms with Gasteiger partial charge in [0.15, 0.2) is 0 Å². The molecular weight excluding hydrogens is 324 g/mol. The Labute approximate surface area is 147 Å². The van der Waals surface area contributed by atoms with Crippen LogP contribution in [0.5, 0.6) is 5.75 Å². The van der Waals surface area contributed by atoms with Crippen LogP contribution in [0.4, 0.5) is 5.69 Å². The Hall–Kier alpha value is -1.69. The summed E-state index contributed by atoms with van der Waals surface area (Å²) in [6.07, 6.45) is 5.81. The van der Waals surface area contributed by atoms with Crippen molar-refractivity contribution < 1.29 is 14.3 Å². The van der Waals surface area contributed by atoms with Gasteiger partial charge in [-0.15, -0.1) is 11.8 Å². The molecule has 0 unspecified atom stereocenters. The zero-order chi connectivity index (χ0) is 17.2. The minimum Gasteiger partial charge on any atom is -0.492 e. The highest BCUT2D eigenvalue weighted by Crippen LogP contribution is 2.23. The van der Waals surface area contributed by atoms with Crippen LogP contribution < -0.4 is 15.4 Å². The Morgan fingerprint density at radius 2 is 1.83 bits per heavy atom. The minimum atomic E-state index is -0.127. The summed E-state index contributed by atoms with van der Waals surface area (Å²) in [5.41, 5.74) is 0.664. The van der Waals surface area contributed by atoms with Crippen molar-refractivity contribution in [3.63, 3.8) is 0 Å². The summed E-state index contributed by atoms with van der Waals surface area (Å²) in [6, 6.07) is 7.67. The van der Waals surface area contributed by atoms with Crippen LogP contribution in [0.15, 0.2) is 24.3 Å². The third-order valence-corrected chi connectivity index (χ3v) is 4.83. The summed E-state index contributed by atoms with van der Waals surface area (Å²) in [4.78, 5) is 23.9. The first-order chi connectivity index (χ1) is 11.7. The number of carbonyl (C=O) groups is 2. The predicted molar refractivity (Wildman–Crippen MR) is 98.6 cm³/mol. The standard InChI is InChI=1S/C18H26N2O3S/c1-2-23-16-11-7-6-10-15(16)20-18(22)13-24-12-17(21)19-14-8-4-3-5-9-14/h6-7,10-11,14H,2-5,8-9,12-13H2,1H3,(H,19,21)(H,20,22).